The minimum absolute atomic E-state index is 1.03. The fraction of sp³-hybridized carbons (Fsp3) is 0.308. The Kier molecular flexibility index (Phi) is 2.86. The van der Waals surface area contributed by atoms with Gasteiger partial charge in [-0.05, 0) is 25.5 Å². The summed E-state index contributed by atoms with van der Waals surface area (Å²) in [6.45, 7) is 4.28. The molecule has 1 aromatic carbocycles. The molecule has 78 valence electrons. The van der Waals surface area contributed by atoms with Gasteiger partial charge in [0.05, 0.1) is 0 Å². The van der Waals surface area contributed by atoms with Crippen molar-refractivity contribution < 1.29 is 0 Å². The molecule has 0 N–H and O–H groups in total. The van der Waals surface area contributed by atoms with Crippen molar-refractivity contribution in [2.45, 2.75) is 26.7 Å². The van der Waals surface area contributed by atoms with Crippen LogP contribution in [0.15, 0.2) is 36.7 Å². The lowest BCUT2D eigenvalue weighted by Gasteiger charge is -2.07. The van der Waals surface area contributed by atoms with Crippen LogP contribution < -0.4 is 0 Å². The van der Waals surface area contributed by atoms with Crippen LogP contribution in [0.1, 0.15) is 24.7 Å². The maximum atomic E-state index is 4.37. The molecule has 0 aliphatic carbocycles. The molecule has 0 aliphatic heterocycles. The molecule has 1 aromatic heterocycles. The SMILES string of the molecule is CCCc1nccn1-c1ccc(C)cc1. The molecule has 0 aliphatic rings. The van der Waals surface area contributed by atoms with Crippen molar-refractivity contribution >= 4 is 0 Å². The predicted octanol–water partition coefficient (Wildman–Crippen LogP) is 3.13. The number of nitrogens with zero attached hydrogens (tertiary/aromatic N) is 2. The van der Waals surface area contributed by atoms with Gasteiger partial charge in [-0.15, -0.1) is 0 Å². The van der Waals surface area contributed by atoms with E-state index in [2.05, 4.69) is 47.7 Å². The average Bonchev–Trinajstić information content (AvgIpc) is 2.68. The fourth-order valence-electron chi connectivity index (χ4n) is 1.68. The lowest BCUT2D eigenvalue weighted by Crippen LogP contribution is -1.99. The Balaban J connectivity index is 2.36. The van der Waals surface area contributed by atoms with Gasteiger partial charge >= 0.3 is 0 Å². The number of hydrogen-bond acceptors (Lipinski definition) is 1. The van der Waals surface area contributed by atoms with Crippen LogP contribution in [0.25, 0.3) is 5.69 Å². The number of aryl methyl sites for hydroxylation is 2. The number of rotatable bonds is 3. The normalized spacial score (nSPS) is 10.5. The second-order valence-corrected chi connectivity index (χ2v) is 3.80. The van der Waals surface area contributed by atoms with E-state index in [0.29, 0.717) is 0 Å². The second-order valence-electron chi connectivity index (χ2n) is 3.80. The molecule has 2 aromatic rings. The zero-order chi connectivity index (χ0) is 10.7. The van der Waals surface area contributed by atoms with E-state index in [4.69, 9.17) is 0 Å². The third-order valence-electron chi connectivity index (χ3n) is 2.50. The zero-order valence-corrected chi connectivity index (χ0v) is 9.27. The van der Waals surface area contributed by atoms with Gasteiger partial charge in [-0.3, -0.25) is 0 Å². The molecule has 2 rings (SSSR count). The fourth-order valence-corrected chi connectivity index (χ4v) is 1.68. The van der Waals surface area contributed by atoms with E-state index in [0.717, 1.165) is 18.7 Å². The number of hydrogen-bond donors (Lipinski definition) is 0. The van der Waals surface area contributed by atoms with E-state index < -0.39 is 0 Å². The Hall–Kier alpha value is -1.57. The highest BCUT2D eigenvalue weighted by Crippen LogP contribution is 2.12. The topological polar surface area (TPSA) is 17.8 Å². The van der Waals surface area contributed by atoms with Crippen LogP contribution in [0.2, 0.25) is 0 Å². The molecule has 15 heavy (non-hydrogen) atoms. The summed E-state index contributed by atoms with van der Waals surface area (Å²) in [7, 11) is 0. The largest absolute Gasteiger partial charge is 0.304 e. The molecule has 0 bridgehead atoms. The number of aromatic nitrogens is 2. The van der Waals surface area contributed by atoms with Crippen LogP contribution in [0.4, 0.5) is 0 Å². The molecule has 0 amide bonds. The van der Waals surface area contributed by atoms with Crippen LogP contribution in [0, 0.1) is 6.92 Å². The lowest BCUT2D eigenvalue weighted by atomic mass is 10.2. The molecule has 0 radical (unpaired) electrons. The Labute approximate surface area is 90.6 Å². The summed E-state index contributed by atoms with van der Waals surface area (Å²) < 4.78 is 2.16. The minimum atomic E-state index is 1.03. The van der Waals surface area contributed by atoms with Gasteiger partial charge in [-0.25, -0.2) is 4.98 Å². The average molecular weight is 200 g/mol. The third-order valence-corrected chi connectivity index (χ3v) is 2.50. The Bertz CT molecular complexity index is 426. The number of benzene rings is 1. The number of imidazole rings is 1. The van der Waals surface area contributed by atoms with Crippen molar-refractivity contribution in [2.75, 3.05) is 0 Å². The molecule has 1 heterocycles. The molecule has 0 saturated heterocycles. The summed E-state index contributed by atoms with van der Waals surface area (Å²) in [5.41, 5.74) is 2.48. The first-order valence-corrected chi connectivity index (χ1v) is 5.40. The van der Waals surface area contributed by atoms with Crippen LogP contribution in [0.5, 0.6) is 0 Å². The summed E-state index contributed by atoms with van der Waals surface area (Å²) in [6.07, 6.45) is 6.05. The first-order chi connectivity index (χ1) is 7.31. The lowest BCUT2D eigenvalue weighted by molar-refractivity contribution is 0.809. The highest BCUT2D eigenvalue weighted by molar-refractivity contribution is 5.35. The molecular formula is C13H16N2. The molecule has 0 atom stereocenters. The molecular weight excluding hydrogens is 184 g/mol. The van der Waals surface area contributed by atoms with Crippen molar-refractivity contribution in [1.82, 2.24) is 9.55 Å². The van der Waals surface area contributed by atoms with Gasteiger partial charge in [0.15, 0.2) is 0 Å². The van der Waals surface area contributed by atoms with E-state index in [1.807, 2.05) is 12.4 Å². The van der Waals surface area contributed by atoms with Gasteiger partial charge in [-0.1, -0.05) is 24.6 Å². The summed E-state index contributed by atoms with van der Waals surface area (Å²) in [6, 6.07) is 8.53. The van der Waals surface area contributed by atoms with Crippen LogP contribution in [0.3, 0.4) is 0 Å². The molecule has 0 unspecified atom stereocenters. The minimum Gasteiger partial charge on any atom is -0.304 e. The smallest absolute Gasteiger partial charge is 0.113 e. The van der Waals surface area contributed by atoms with Crippen molar-refractivity contribution in [3.8, 4) is 5.69 Å². The van der Waals surface area contributed by atoms with Gasteiger partial charge in [0.2, 0.25) is 0 Å². The second kappa shape index (κ2) is 4.30. The molecule has 0 saturated carbocycles. The van der Waals surface area contributed by atoms with E-state index >= 15 is 0 Å². The monoisotopic (exact) mass is 200 g/mol. The maximum Gasteiger partial charge on any atom is 0.113 e. The Morgan fingerprint density at radius 2 is 1.93 bits per heavy atom. The summed E-state index contributed by atoms with van der Waals surface area (Å²) in [4.78, 5) is 4.37. The first-order valence-electron chi connectivity index (χ1n) is 5.40. The van der Waals surface area contributed by atoms with Gasteiger partial charge < -0.3 is 4.57 Å². The quantitative estimate of drug-likeness (QED) is 0.744. The zero-order valence-electron chi connectivity index (χ0n) is 9.27. The van der Waals surface area contributed by atoms with Gasteiger partial charge in [0.25, 0.3) is 0 Å². The summed E-state index contributed by atoms with van der Waals surface area (Å²) in [5.74, 6) is 1.14. The molecule has 0 fully saturated rings. The third kappa shape index (κ3) is 2.09. The van der Waals surface area contributed by atoms with Crippen molar-refractivity contribution in [2.24, 2.45) is 0 Å². The van der Waals surface area contributed by atoms with Crippen molar-refractivity contribution in [1.29, 1.82) is 0 Å². The van der Waals surface area contributed by atoms with E-state index in [1.165, 1.54) is 11.3 Å². The maximum absolute atomic E-state index is 4.37. The first kappa shape index (κ1) is 9.97. The van der Waals surface area contributed by atoms with Gasteiger partial charge in [0, 0.05) is 24.5 Å². The summed E-state index contributed by atoms with van der Waals surface area (Å²) >= 11 is 0. The van der Waals surface area contributed by atoms with Gasteiger partial charge in [-0.2, -0.15) is 0 Å². The predicted molar refractivity (Wildman–Crippen MR) is 62.3 cm³/mol. The molecule has 0 spiro atoms. The van der Waals surface area contributed by atoms with Crippen molar-refractivity contribution in [3.05, 3.63) is 48.0 Å². The van der Waals surface area contributed by atoms with Crippen LogP contribution in [-0.2, 0) is 6.42 Å². The van der Waals surface area contributed by atoms with Crippen LogP contribution >= 0.6 is 0 Å². The van der Waals surface area contributed by atoms with Crippen LogP contribution in [-0.4, -0.2) is 9.55 Å². The Morgan fingerprint density at radius 3 is 2.60 bits per heavy atom. The van der Waals surface area contributed by atoms with E-state index in [-0.39, 0.29) is 0 Å². The highest BCUT2D eigenvalue weighted by Gasteiger charge is 2.02. The molecule has 2 nitrogen and oxygen atoms in total. The summed E-state index contributed by atoms with van der Waals surface area (Å²) in [5, 5.41) is 0. The van der Waals surface area contributed by atoms with E-state index in [1.54, 1.807) is 0 Å². The van der Waals surface area contributed by atoms with Gasteiger partial charge in [0.1, 0.15) is 5.82 Å². The van der Waals surface area contributed by atoms with E-state index in [9.17, 15) is 0 Å². The highest BCUT2D eigenvalue weighted by atomic mass is 15.1. The Morgan fingerprint density at radius 1 is 1.20 bits per heavy atom. The molecule has 2 heteroatoms. The van der Waals surface area contributed by atoms with Crippen molar-refractivity contribution in [3.63, 3.8) is 0 Å². The standard InChI is InChI=1S/C13H16N2/c1-3-4-13-14-9-10-15(13)12-7-5-11(2)6-8-12/h5-10H,3-4H2,1-2H3.